The first kappa shape index (κ1) is 34.6. The van der Waals surface area contributed by atoms with E-state index in [4.69, 9.17) is 0 Å². The summed E-state index contributed by atoms with van der Waals surface area (Å²) in [7, 11) is 0. The average Bonchev–Trinajstić information content (AvgIpc) is 2.75. The Labute approximate surface area is 216 Å². The van der Waals surface area contributed by atoms with Gasteiger partial charge < -0.3 is 21.9 Å². The van der Waals surface area contributed by atoms with Gasteiger partial charge in [0, 0.05) is 0 Å². The van der Waals surface area contributed by atoms with Gasteiger partial charge in [-0.05, 0) is 59.3 Å². The van der Waals surface area contributed by atoms with E-state index >= 15 is 0 Å². The zero-order chi connectivity index (χ0) is 23.2. The van der Waals surface area contributed by atoms with Crippen LogP contribution in [-0.2, 0) is 0 Å². The molecule has 1 nitrogen and oxygen atoms in total. The molecular weight excluding hydrogens is 454 g/mol. The van der Waals surface area contributed by atoms with Crippen LogP contribution in [0.3, 0.4) is 0 Å². The molecule has 1 N–H and O–H groups in total. The molecule has 3 atom stereocenters. The van der Waals surface area contributed by atoms with E-state index in [2.05, 4.69) is 41.5 Å². The van der Waals surface area contributed by atoms with Gasteiger partial charge in [-0.25, -0.2) is 0 Å². The first-order chi connectivity index (χ1) is 15.1. The van der Waals surface area contributed by atoms with Crippen LogP contribution >= 0.6 is 0 Å². The lowest BCUT2D eigenvalue weighted by Crippen LogP contribution is -3.21. The zero-order valence-corrected chi connectivity index (χ0v) is 25.0. The van der Waals surface area contributed by atoms with Crippen molar-refractivity contribution in [3.05, 3.63) is 0 Å². The van der Waals surface area contributed by atoms with Crippen molar-refractivity contribution >= 4 is 0 Å². The lowest BCUT2D eigenvalue weighted by Gasteiger charge is -2.37. The second kappa shape index (κ2) is 26.1. The lowest BCUT2D eigenvalue weighted by atomic mass is 9.97. The summed E-state index contributed by atoms with van der Waals surface area (Å²) in [4.78, 5) is 1.94. The number of rotatable bonds is 24. The van der Waals surface area contributed by atoms with Gasteiger partial charge in [-0.3, -0.25) is 0 Å². The maximum atomic E-state index is 2.57. The van der Waals surface area contributed by atoms with Crippen LogP contribution in [0.4, 0.5) is 0 Å². The Kier molecular flexibility index (Phi) is 28.2. The van der Waals surface area contributed by atoms with Gasteiger partial charge in [0.1, 0.15) is 0 Å². The van der Waals surface area contributed by atoms with Gasteiger partial charge in [0.2, 0.25) is 0 Å². The molecule has 0 aromatic heterocycles. The summed E-state index contributed by atoms with van der Waals surface area (Å²) < 4.78 is 0. The molecule has 0 rings (SSSR count). The molecule has 0 spiro atoms. The molecule has 2 heteroatoms. The van der Waals surface area contributed by atoms with Gasteiger partial charge in [0.15, 0.2) is 0 Å². The fourth-order valence-corrected chi connectivity index (χ4v) is 5.65. The number of hydrogen-bond donors (Lipinski definition) is 1. The van der Waals surface area contributed by atoms with Crippen LogP contribution in [0.2, 0.25) is 0 Å². The highest BCUT2D eigenvalue weighted by Crippen LogP contribution is 2.12. The van der Waals surface area contributed by atoms with E-state index in [0.717, 1.165) is 18.1 Å². The third-order valence-corrected chi connectivity index (χ3v) is 7.68. The predicted octanol–water partition coefficient (Wildman–Crippen LogP) is 6.29. The number of halogens is 1. The van der Waals surface area contributed by atoms with E-state index in [1.54, 1.807) is 0 Å². The second-order valence-corrected chi connectivity index (χ2v) is 10.9. The lowest BCUT2D eigenvalue weighted by molar-refractivity contribution is -0.968. The van der Waals surface area contributed by atoms with Crippen LogP contribution < -0.4 is 21.9 Å². The van der Waals surface area contributed by atoms with Crippen molar-refractivity contribution in [2.45, 2.75) is 195 Å². The minimum atomic E-state index is 0. The van der Waals surface area contributed by atoms with Gasteiger partial charge in [0.25, 0.3) is 0 Å². The van der Waals surface area contributed by atoms with Crippen LogP contribution in [-0.4, -0.2) is 18.1 Å². The molecule has 0 aromatic rings. The Balaban J connectivity index is 0. The quantitative estimate of drug-likeness (QED) is 0.143. The molecule has 0 aliphatic carbocycles. The molecule has 0 bridgehead atoms. The fourth-order valence-electron chi connectivity index (χ4n) is 5.65. The summed E-state index contributed by atoms with van der Waals surface area (Å²) in [5.74, 6) is 0. The molecule has 0 heterocycles. The Morgan fingerprint density at radius 3 is 0.844 bits per heavy atom. The first-order valence-electron chi connectivity index (χ1n) is 14.9. The molecule has 0 aliphatic heterocycles. The SMILES string of the molecule is CCCCCCCCC(C)[NH+](C(C)CCCCCCCC)C(C)CCCCCCCC.[Br-]. The molecule has 0 saturated heterocycles. The molecule has 32 heavy (non-hydrogen) atoms. The summed E-state index contributed by atoms with van der Waals surface area (Å²) in [6, 6.07) is 2.49. The topological polar surface area (TPSA) is 4.44 Å². The van der Waals surface area contributed by atoms with Gasteiger partial charge in [0.05, 0.1) is 18.1 Å². The van der Waals surface area contributed by atoms with E-state index in [9.17, 15) is 0 Å². The fraction of sp³-hybridized carbons (Fsp3) is 1.00. The highest BCUT2D eigenvalue weighted by molar-refractivity contribution is 4.61. The van der Waals surface area contributed by atoms with E-state index in [1.165, 1.54) is 135 Å². The van der Waals surface area contributed by atoms with E-state index in [-0.39, 0.29) is 17.0 Å². The summed E-state index contributed by atoms with van der Waals surface area (Å²) in [6.07, 6.45) is 30.1. The molecule has 196 valence electrons. The Bertz CT molecular complexity index is 293. The van der Waals surface area contributed by atoms with E-state index in [1.807, 2.05) is 4.90 Å². The number of hydrogen-bond acceptors (Lipinski definition) is 0. The van der Waals surface area contributed by atoms with Crippen molar-refractivity contribution in [1.82, 2.24) is 0 Å². The highest BCUT2D eigenvalue weighted by Gasteiger charge is 2.28. The summed E-state index contributed by atoms with van der Waals surface area (Å²) >= 11 is 0. The molecule has 0 fully saturated rings. The minimum Gasteiger partial charge on any atom is -1.00 e. The maximum absolute atomic E-state index is 2.57. The van der Waals surface area contributed by atoms with Gasteiger partial charge in [-0.1, -0.05) is 117 Å². The monoisotopic (exact) mass is 517 g/mol. The standard InChI is InChI=1S/C30H63N.BrH/c1-7-10-13-16-19-22-25-28(4)31(29(5)26-23-20-17-14-11-8-2)30(6)27-24-21-18-15-12-9-3;/h28-30H,7-27H2,1-6H3;1H. The third kappa shape index (κ3) is 19.9. The molecule has 3 unspecified atom stereocenters. The number of nitrogens with one attached hydrogen (secondary N) is 1. The molecule has 0 amide bonds. The van der Waals surface area contributed by atoms with Crippen LogP contribution in [0.25, 0.3) is 0 Å². The summed E-state index contributed by atoms with van der Waals surface area (Å²) in [6.45, 7) is 14.7. The molecular formula is C30H64BrN. The maximum Gasteiger partial charge on any atom is 0.0850 e. The second-order valence-electron chi connectivity index (χ2n) is 10.9. The van der Waals surface area contributed by atoms with Crippen LogP contribution in [0.1, 0.15) is 176 Å². The van der Waals surface area contributed by atoms with Crippen molar-refractivity contribution < 1.29 is 21.9 Å². The number of quaternary nitrogens is 1. The summed E-state index contributed by atoms with van der Waals surface area (Å²) in [5, 5.41) is 0. The molecule has 0 radical (unpaired) electrons. The van der Waals surface area contributed by atoms with Crippen molar-refractivity contribution in [2.75, 3.05) is 0 Å². The zero-order valence-electron chi connectivity index (χ0n) is 23.5. The van der Waals surface area contributed by atoms with E-state index in [0.29, 0.717) is 0 Å². The third-order valence-electron chi connectivity index (χ3n) is 7.68. The van der Waals surface area contributed by atoms with Crippen LogP contribution in [0, 0.1) is 0 Å². The van der Waals surface area contributed by atoms with Crippen LogP contribution in [0.15, 0.2) is 0 Å². The average molecular weight is 519 g/mol. The van der Waals surface area contributed by atoms with Crippen molar-refractivity contribution in [3.63, 3.8) is 0 Å². The smallest absolute Gasteiger partial charge is 0.0850 e. The number of unbranched alkanes of at least 4 members (excludes halogenated alkanes) is 15. The van der Waals surface area contributed by atoms with Gasteiger partial charge in [-0.15, -0.1) is 0 Å². The summed E-state index contributed by atoms with van der Waals surface area (Å²) in [5.41, 5.74) is 0. The van der Waals surface area contributed by atoms with Crippen LogP contribution in [0.5, 0.6) is 0 Å². The van der Waals surface area contributed by atoms with Gasteiger partial charge >= 0.3 is 0 Å². The highest BCUT2D eigenvalue weighted by atomic mass is 79.9. The largest absolute Gasteiger partial charge is 1.00 e. The minimum absolute atomic E-state index is 0. The Morgan fingerprint density at radius 1 is 0.375 bits per heavy atom. The molecule has 0 aliphatic rings. The van der Waals surface area contributed by atoms with Crippen molar-refractivity contribution in [3.8, 4) is 0 Å². The van der Waals surface area contributed by atoms with Crippen molar-refractivity contribution in [2.24, 2.45) is 0 Å². The van der Waals surface area contributed by atoms with E-state index < -0.39 is 0 Å². The normalized spacial score (nSPS) is 15.2. The Hall–Kier alpha value is 0.440. The predicted molar refractivity (Wildman–Crippen MR) is 143 cm³/mol. The van der Waals surface area contributed by atoms with Gasteiger partial charge in [-0.2, -0.15) is 0 Å². The van der Waals surface area contributed by atoms with Crippen molar-refractivity contribution in [1.29, 1.82) is 0 Å². The molecule has 0 saturated carbocycles. The molecule has 0 aromatic carbocycles. The Morgan fingerprint density at radius 2 is 0.594 bits per heavy atom. The first-order valence-corrected chi connectivity index (χ1v) is 14.9.